The van der Waals surface area contributed by atoms with Crippen LogP contribution in [0.5, 0.6) is 0 Å². The Morgan fingerprint density at radius 3 is 1.23 bits per heavy atom. The molecule has 0 fully saturated rings. The Bertz CT molecular complexity index is 1440. The van der Waals surface area contributed by atoms with E-state index < -0.39 is 0 Å². The fraction of sp³-hybridized carbons (Fsp3) is 0.577. The molecule has 5 heterocycles. The molecule has 0 bridgehead atoms. The SMILES string of the molecule is CCCc1ccc(C(C)C)cn1.CCCc1ccc(C(C)C)nc1.CCCc1cnc(C(C)C)cn1.CCCc1cnc(C(C)C)nc1.CCCc1ncc(C(C)C)cn1. The van der Waals surface area contributed by atoms with Gasteiger partial charge in [0.2, 0.25) is 0 Å². The molecule has 5 aromatic rings. The van der Waals surface area contributed by atoms with Crippen LogP contribution in [0.3, 0.4) is 0 Å². The molecule has 0 aliphatic heterocycles. The minimum atomic E-state index is 0.431. The van der Waals surface area contributed by atoms with E-state index in [1.165, 1.54) is 46.5 Å². The highest BCUT2D eigenvalue weighted by Gasteiger charge is 2.04. The zero-order valence-electron chi connectivity index (χ0n) is 40.5. The molecule has 0 aromatic carbocycles. The summed E-state index contributed by atoms with van der Waals surface area (Å²) in [4.78, 5) is 34.6. The predicted molar refractivity (Wildman–Crippen MR) is 255 cm³/mol. The summed E-state index contributed by atoms with van der Waals surface area (Å²) in [6.07, 6.45) is 26.6. The third kappa shape index (κ3) is 22.8. The molecule has 8 heteroatoms. The Balaban J connectivity index is 0.000000375. The maximum Gasteiger partial charge on any atom is 0.130 e. The van der Waals surface area contributed by atoms with Crippen LogP contribution in [0, 0.1) is 0 Å². The standard InChI is InChI=1S/2C11H17N.3C10H16N2/c1-4-5-11-7-6-10(8-12-11)9(2)3;1-4-5-10-6-7-11(9(2)3)12-8-10;1-4-5-10-11-6-9(7-12-10)8(2)3;1-4-5-9-6-12-10(7-11-9)8(2)3;1-4-5-9-6-11-10(8(2)3)12-7-9/h2*6-9H,4-5H2,1-3H3;3*6-8H,4-5H2,1-3H3. The van der Waals surface area contributed by atoms with Gasteiger partial charge in [-0.2, -0.15) is 0 Å². The lowest BCUT2D eigenvalue weighted by Gasteiger charge is -2.04. The molecule has 60 heavy (non-hydrogen) atoms. The quantitative estimate of drug-likeness (QED) is 0.103. The normalized spacial score (nSPS) is 10.7. The van der Waals surface area contributed by atoms with Crippen LogP contribution in [0.4, 0.5) is 0 Å². The van der Waals surface area contributed by atoms with Crippen molar-refractivity contribution in [1.29, 1.82) is 0 Å². The highest BCUT2D eigenvalue weighted by Crippen LogP contribution is 2.15. The predicted octanol–water partition coefficient (Wildman–Crippen LogP) is 14.0. The van der Waals surface area contributed by atoms with E-state index in [9.17, 15) is 0 Å². The van der Waals surface area contributed by atoms with Crippen LogP contribution in [0.25, 0.3) is 0 Å². The Morgan fingerprint density at radius 1 is 0.333 bits per heavy atom. The van der Waals surface area contributed by atoms with Gasteiger partial charge in [0.1, 0.15) is 11.6 Å². The molecule has 330 valence electrons. The van der Waals surface area contributed by atoms with E-state index in [1.807, 2.05) is 49.6 Å². The van der Waals surface area contributed by atoms with Crippen LogP contribution in [0.1, 0.15) is 222 Å². The number of rotatable bonds is 15. The van der Waals surface area contributed by atoms with Gasteiger partial charge in [-0.05, 0) is 90.2 Å². The van der Waals surface area contributed by atoms with Gasteiger partial charge in [0, 0.05) is 73.3 Å². The van der Waals surface area contributed by atoms with Crippen molar-refractivity contribution in [3.8, 4) is 0 Å². The molecular formula is C52H82N8. The molecule has 0 spiro atoms. The number of hydrogen-bond acceptors (Lipinski definition) is 8. The smallest absolute Gasteiger partial charge is 0.130 e. The Hall–Kier alpha value is -4.46. The van der Waals surface area contributed by atoms with Gasteiger partial charge in [0.15, 0.2) is 0 Å². The van der Waals surface area contributed by atoms with Crippen molar-refractivity contribution in [1.82, 2.24) is 39.9 Å². The van der Waals surface area contributed by atoms with Crippen molar-refractivity contribution in [2.45, 2.75) is 198 Å². The molecule has 0 unspecified atom stereocenters. The fourth-order valence-corrected chi connectivity index (χ4v) is 5.54. The van der Waals surface area contributed by atoms with Crippen LogP contribution in [-0.2, 0) is 32.1 Å². The van der Waals surface area contributed by atoms with Crippen LogP contribution >= 0.6 is 0 Å². The van der Waals surface area contributed by atoms with E-state index in [4.69, 9.17) is 0 Å². The monoisotopic (exact) mass is 819 g/mol. The lowest BCUT2D eigenvalue weighted by Crippen LogP contribution is -1.97. The maximum absolute atomic E-state index is 4.40. The lowest BCUT2D eigenvalue weighted by atomic mass is 10.1. The third-order valence-corrected chi connectivity index (χ3v) is 9.47. The molecule has 0 atom stereocenters. The molecule has 0 aliphatic rings. The number of nitrogens with zero attached hydrogens (tertiary/aromatic N) is 8. The first-order valence-corrected chi connectivity index (χ1v) is 23.0. The zero-order chi connectivity index (χ0) is 44.9. The van der Waals surface area contributed by atoms with E-state index in [-0.39, 0.29) is 0 Å². The van der Waals surface area contributed by atoms with Crippen LogP contribution in [0.2, 0.25) is 0 Å². The molecule has 5 rings (SSSR count). The summed E-state index contributed by atoms with van der Waals surface area (Å²) in [6, 6.07) is 8.64. The van der Waals surface area contributed by atoms with Gasteiger partial charge < -0.3 is 0 Å². The summed E-state index contributed by atoms with van der Waals surface area (Å²) < 4.78 is 0. The van der Waals surface area contributed by atoms with Crippen molar-refractivity contribution < 1.29 is 0 Å². The van der Waals surface area contributed by atoms with Crippen molar-refractivity contribution in [3.63, 3.8) is 0 Å². The molecular weight excluding hydrogens is 737 g/mol. The Labute approximate surface area is 366 Å². The summed E-state index contributed by atoms with van der Waals surface area (Å²) in [5.74, 6) is 4.47. The average molecular weight is 819 g/mol. The largest absolute Gasteiger partial charge is 0.261 e. The van der Waals surface area contributed by atoms with E-state index in [1.54, 1.807) is 0 Å². The minimum absolute atomic E-state index is 0.431. The second-order valence-electron chi connectivity index (χ2n) is 17.0. The van der Waals surface area contributed by atoms with Crippen LogP contribution in [-0.4, -0.2) is 39.9 Å². The molecule has 0 radical (unpaired) electrons. The molecule has 0 N–H and O–H groups in total. The van der Waals surface area contributed by atoms with E-state index in [2.05, 4.69) is 168 Å². The molecule has 0 saturated heterocycles. The van der Waals surface area contributed by atoms with E-state index in [0.29, 0.717) is 29.6 Å². The highest BCUT2D eigenvalue weighted by atomic mass is 14.9. The third-order valence-electron chi connectivity index (χ3n) is 9.47. The number of pyridine rings is 2. The molecule has 0 amide bonds. The molecule has 0 aliphatic carbocycles. The molecule has 0 saturated carbocycles. The second kappa shape index (κ2) is 31.4. The van der Waals surface area contributed by atoms with Gasteiger partial charge in [-0.25, -0.2) is 19.9 Å². The summed E-state index contributed by atoms with van der Waals surface area (Å²) in [5, 5.41) is 0. The van der Waals surface area contributed by atoms with Gasteiger partial charge in [-0.1, -0.05) is 142 Å². The van der Waals surface area contributed by atoms with Crippen LogP contribution < -0.4 is 0 Å². The summed E-state index contributed by atoms with van der Waals surface area (Å²) in [5.41, 5.74) is 9.71. The van der Waals surface area contributed by atoms with Crippen molar-refractivity contribution in [3.05, 3.63) is 131 Å². The van der Waals surface area contributed by atoms with Crippen molar-refractivity contribution in [2.24, 2.45) is 0 Å². The summed E-state index contributed by atoms with van der Waals surface area (Å²) >= 11 is 0. The van der Waals surface area contributed by atoms with Gasteiger partial charge in [-0.15, -0.1) is 0 Å². The van der Waals surface area contributed by atoms with Gasteiger partial charge >= 0.3 is 0 Å². The number of hydrogen-bond donors (Lipinski definition) is 0. The number of aryl methyl sites for hydroxylation is 5. The summed E-state index contributed by atoms with van der Waals surface area (Å²) in [6.45, 7) is 32.3. The first-order chi connectivity index (χ1) is 28.7. The van der Waals surface area contributed by atoms with Gasteiger partial charge in [0.05, 0.1) is 11.4 Å². The van der Waals surface area contributed by atoms with Crippen LogP contribution in [0.15, 0.2) is 73.8 Å². The lowest BCUT2D eigenvalue weighted by molar-refractivity contribution is 0.763. The van der Waals surface area contributed by atoms with E-state index in [0.717, 1.165) is 74.4 Å². The molecule has 8 nitrogen and oxygen atoms in total. The van der Waals surface area contributed by atoms with Crippen molar-refractivity contribution in [2.75, 3.05) is 0 Å². The fourth-order valence-electron chi connectivity index (χ4n) is 5.54. The van der Waals surface area contributed by atoms with Gasteiger partial charge in [-0.3, -0.25) is 19.9 Å². The van der Waals surface area contributed by atoms with E-state index >= 15 is 0 Å². The Morgan fingerprint density at radius 2 is 0.817 bits per heavy atom. The van der Waals surface area contributed by atoms with Gasteiger partial charge in [0.25, 0.3) is 0 Å². The number of aromatic nitrogens is 8. The second-order valence-corrected chi connectivity index (χ2v) is 17.0. The summed E-state index contributed by atoms with van der Waals surface area (Å²) in [7, 11) is 0. The minimum Gasteiger partial charge on any atom is -0.261 e. The Kier molecular flexibility index (Phi) is 28.0. The topological polar surface area (TPSA) is 103 Å². The first kappa shape index (κ1) is 53.6. The maximum atomic E-state index is 4.40. The highest BCUT2D eigenvalue weighted by molar-refractivity contribution is 5.18. The van der Waals surface area contributed by atoms with Crippen molar-refractivity contribution >= 4 is 0 Å². The molecule has 5 aromatic heterocycles. The zero-order valence-corrected chi connectivity index (χ0v) is 40.5. The first-order valence-electron chi connectivity index (χ1n) is 23.0. The average Bonchev–Trinajstić information content (AvgIpc) is 3.23.